The van der Waals surface area contributed by atoms with Gasteiger partial charge in [0.15, 0.2) is 0 Å². The summed E-state index contributed by atoms with van der Waals surface area (Å²) >= 11 is 0. The molecule has 0 heterocycles. The predicted molar refractivity (Wildman–Crippen MR) is 88.8 cm³/mol. The van der Waals surface area contributed by atoms with Crippen molar-refractivity contribution in [1.82, 2.24) is 16.0 Å². The number of unbranched alkanes of at least 4 members (excludes halogenated alkanes) is 2. The standard InChI is InChI=1S/C17H27N3O2/c1-4-5-6-7-13(2)20-17(22)19-12-14-8-10-15(11-9-14)16(21)18-3/h8-11,13H,4-7,12H2,1-3H3,(H,18,21)(H2,19,20,22). The van der Waals surface area contributed by atoms with E-state index in [-0.39, 0.29) is 18.0 Å². The van der Waals surface area contributed by atoms with Crippen LogP contribution in [0, 0.1) is 0 Å². The van der Waals surface area contributed by atoms with E-state index in [1.807, 2.05) is 19.1 Å². The summed E-state index contributed by atoms with van der Waals surface area (Å²) in [5.41, 5.74) is 1.57. The van der Waals surface area contributed by atoms with Crippen LogP contribution in [0.1, 0.15) is 55.5 Å². The van der Waals surface area contributed by atoms with Gasteiger partial charge >= 0.3 is 6.03 Å². The van der Waals surface area contributed by atoms with E-state index in [0.717, 1.165) is 18.4 Å². The van der Waals surface area contributed by atoms with Crippen LogP contribution in [0.25, 0.3) is 0 Å². The Balaban J connectivity index is 2.33. The van der Waals surface area contributed by atoms with E-state index in [1.165, 1.54) is 12.8 Å². The average molecular weight is 305 g/mol. The van der Waals surface area contributed by atoms with Gasteiger partial charge in [-0.3, -0.25) is 4.79 Å². The molecule has 1 rings (SSSR count). The monoisotopic (exact) mass is 305 g/mol. The highest BCUT2D eigenvalue weighted by molar-refractivity contribution is 5.93. The highest BCUT2D eigenvalue weighted by Crippen LogP contribution is 2.05. The van der Waals surface area contributed by atoms with E-state index in [9.17, 15) is 9.59 Å². The van der Waals surface area contributed by atoms with Crippen molar-refractivity contribution in [1.29, 1.82) is 0 Å². The fraction of sp³-hybridized carbons (Fsp3) is 0.529. The Morgan fingerprint density at radius 3 is 2.41 bits per heavy atom. The van der Waals surface area contributed by atoms with Gasteiger partial charge in [0.05, 0.1) is 0 Å². The average Bonchev–Trinajstić information content (AvgIpc) is 2.53. The smallest absolute Gasteiger partial charge is 0.315 e. The lowest BCUT2D eigenvalue weighted by Crippen LogP contribution is -2.40. The van der Waals surface area contributed by atoms with Gasteiger partial charge in [-0.15, -0.1) is 0 Å². The normalized spacial score (nSPS) is 11.6. The van der Waals surface area contributed by atoms with Crippen LogP contribution in [-0.4, -0.2) is 25.0 Å². The first kappa shape index (κ1) is 18.0. The fourth-order valence-corrected chi connectivity index (χ4v) is 2.15. The summed E-state index contributed by atoms with van der Waals surface area (Å²) < 4.78 is 0. The summed E-state index contributed by atoms with van der Waals surface area (Å²) in [6.45, 7) is 4.63. The van der Waals surface area contributed by atoms with Crippen LogP contribution in [0.2, 0.25) is 0 Å². The van der Waals surface area contributed by atoms with Gasteiger partial charge in [0.1, 0.15) is 0 Å². The lowest BCUT2D eigenvalue weighted by Gasteiger charge is -2.14. The molecule has 1 aromatic carbocycles. The first-order valence-electron chi connectivity index (χ1n) is 7.92. The lowest BCUT2D eigenvalue weighted by atomic mass is 10.1. The molecular formula is C17H27N3O2. The molecule has 5 heteroatoms. The maximum Gasteiger partial charge on any atom is 0.315 e. The molecule has 0 saturated heterocycles. The molecular weight excluding hydrogens is 278 g/mol. The Labute approximate surface area is 132 Å². The van der Waals surface area contributed by atoms with E-state index in [4.69, 9.17) is 0 Å². The summed E-state index contributed by atoms with van der Waals surface area (Å²) in [5, 5.41) is 8.34. The molecule has 5 nitrogen and oxygen atoms in total. The second-order valence-electron chi connectivity index (χ2n) is 5.50. The second-order valence-corrected chi connectivity index (χ2v) is 5.50. The number of urea groups is 1. The Hall–Kier alpha value is -2.04. The van der Waals surface area contributed by atoms with E-state index in [1.54, 1.807) is 19.2 Å². The molecule has 0 aliphatic rings. The Bertz CT molecular complexity index is 471. The van der Waals surface area contributed by atoms with Gasteiger partial charge in [-0.1, -0.05) is 38.3 Å². The van der Waals surface area contributed by atoms with Gasteiger partial charge in [-0.05, 0) is 31.0 Å². The SMILES string of the molecule is CCCCCC(C)NC(=O)NCc1ccc(C(=O)NC)cc1. The number of carbonyl (C=O) groups is 2. The van der Waals surface area contributed by atoms with Gasteiger partial charge < -0.3 is 16.0 Å². The topological polar surface area (TPSA) is 70.2 Å². The van der Waals surface area contributed by atoms with Gasteiger partial charge in [-0.2, -0.15) is 0 Å². The highest BCUT2D eigenvalue weighted by atomic mass is 16.2. The van der Waals surface area contributed by atoms with Gasteiger partial charge in [0, 0.05) is 25.2 Å². The molecule has 122 valence electrons. The Morgan fingerprint density at radius 1 is 1.14 bits per heavy atom. The molecule has 0 bridgehead atoms. The van der Waals surface area contributed by atoms with Crippen molar-refractivity contribution in [2.75, 3.05) is 7.05 Å². The molecule has 1 aromatic rings. The van der Waals surface area contributed by atoms with Crippen molar-refractivity contribution in [2.24, 2.45) is 0 Å². The number of hydrogen-bond acceptors (Lipinski definition) is 2. The largest absolute Gasteiger partial charge is 0.355 e. The minimum atomic E-state index is -0.153. The van der Waals surface area contributed by atoms with Crippen LogP contribution in [0.4, 0.5) is 4.79 Å². The van der Waals surface area contributed by atoms with Crippen LogP contribution in [-0.2, 0) is 6.54 Å². The molecule has 0 spiro atoms. The lowest BCUT2D eigenvalue weighted by molar-refractivity contribution is 0.0963. The number of rotatable bonds is 8. The van der Waals surface area contributed by atoms with Crippen LogP contribution >= 0.6 is 0 Å². The van der Waals surface area contributed by atoms with Gasteiger partial charge in [0.25, 0.3) is 5.91 Å². The molecule has 1 unspecified atom stereocenters. The van der Waals surface area contributed by atoms with Crippen LogP contribution in [0.3, 0.4) is 0 Å². The maximum atomic E-state index is 11.8. The second kappa shape index (κ2) is 9.82. The summed E-state index contributed by atoms with van der Waals surface area (Å²) in [7, 11) is 1.60. The minimum absolute atomic E-state index is 0.113. The number of hydrogen-bond donors (Lipinski definition) is 3. The van der Waals surface area contributed by atoms with Crippen molar-refractivity contribution in [2.45, 2.75) is 52.1 Å². The van der Waals surface area contributed by atoms with E-state index >= 15 is 0 Å². The third-order valence-corrected chi connectivity index (χ3v) is 3.51. The van der Waals surface area contributed by atoms with Gasteiger partial charge in [-0.25, -0.2) is 4.79 Å². The Morgan fingerprint density at radius 2 is 1.82 bits per heavy atom. The predicted octanol–water partition coefficient (Wildman–Crippen LogP) is 2.81. The molecule has 0 fully saturated rings. The zero-order valence-electron chi connectivity index (χ0n) is 13.7. The fourth-order valence-electron chi connectivity index (χ4n) is 2.15. The van der Waals surface area contributed by atoms with Crippen molar-refractivity contribution in [3.05, 3.63) is 35.4 Å². The third-order valence-electron chi connectivity index (χ3n) is 3.51. The zero-order chi connectivity index (χ0) is 16.4. The highest BCUT2D eigenvalue weighted by Gasteiger charge is 2.07. The molecule has 0 saturated carbocycles. The van der Waals surface area contributed by atoms with Crippen molar-refractivity contribution in [3.63, 3.8) is 0 Å². The van der Waals surface area contributed by atoms with Crippen LogP contribution < -0.4 is 16.0 Å². The molecule has 0 aliphatic carbocycles. The van der Waals surface area contributed by atoms with Gasteiger partial charge in [0.2, 0.25) is 0 Å². The van der Waals surface area contributed by atoms with Crippen molar-refractivity contribution >= 4 is 11.9 Å². The number of amides is 3. The van der Waals surface area contributed by atoms with E-state index in [0.29, 0.717) is 12.1 Å². The third kappa shape index (κ3) is 6.61. The van der Waals surface area contributed by atoms with Crippen molar-refractivity contribution in [3.8, 4) is 0 Å². The van der Waals surface area contributed by atoms with Crippen LogP contribution in [0.5, 0.6) is 0 Å². The quantitative estimate of drug-likeness (QED) is 0.646. The maximum absolute atomic E-state index is 11.8. The molecule has 0 aliphatic heterocycles. The molecule has 1 atom stereocenters. The number of benzene rings is 1. The molecule has 22 heavy (non-hydrogen) atoms. The molecule has 0 radical (unpaired) electrons. The molecule has 3 N–H and O–H groups in total. The molecule has 0 aromatic heterocycles. The summed E-state index contributed by atoms with van der Waals surface area (Å²) in [5.74, 6) is -0.113. The zero-order valence-corrected chi connectivity index (χ0v) is 13.7. The van der Waals surface area contributed by atoms with Crippen molar-refractivity contribution < 1.29 is 9.59 Å². The number of nitrogens with one attached hydrogen (secondary N) is 3. The summed E-state index contributed by atoms with van der Waals surface area (Å²) in [4.78, 5) is 23.2. The molecule has 3 amide bonds. The van der Waals surface area contributed by atoms with Crippen LogP contribution in [0.15, 0.2) is 24.3 Å². The summed E-state index contributed by atoms with van der Waals surface area (Å²) in [6.07, 6.45) is 4.53. The Kier molecular flexibility index (Phi) is 8.04. The van der Waals surface area contributed by atoms with E-state index < -0.39 is 0 Å². The summed E-state index contributed by atoms with van der Waals surface area (Å²) in [6, 6.07) is 7.22. The minimum Gasteiger partial charge on any atom is -0.355 e. The first-order valence-corrected chi connectivity index (χ1v) is 7.92. The number of carbonyl (C=O) groups excluding carboxylic acids is 2. The van der Waals surface area contributed by atoms with E-state index in [2.05, 4.69) is 22.9 Å². The first-order chi connectivity index (χ1) is 10.6.